The average Bonchev–Trinajstić information content (AvgIpc) is 2.18. The van der Waals surface area contributed by atoms with Crippen molar-refractivity contribution in [1.82, 2.24) is 0 Å². The molecule has 1 unspecified atom stereocenters. The third-order valence-electron chi connectivity index (χ3n) is 2.12. The molecule has 0 aliphatic carbocycles. The van der Waals surface area contributed by atoms with Crippen molar-refractivity contribution in [2.45, 2.75) is 12.5 Å². The monoisotopic (exact) mass is 174 g/mol. The highest BCUT2D eigenvalue weighted by molar-refractivity contribution is 6.00. The van der Waals surface area contributed by atoms with Gasteiger partial charge in [0.25, 0.3) is 0 Å². The first-order valence-electron chi connectivity index (χ1n) is 4.22. The highest BCUT2D eigenvalue weighted by atomic mass is 16.5. The first kappa shape index (κ1) is 8.05. The number of ether oxygens (including phenoxy) is 1. The molecular formula is C11H10O2. The Labute approximate surface area is 76.8 Å². The average molecular weight is 174 g/mol. The third-order valence-corrected chi connectivity index (χ3v) is 2.12. The number of hydrogen-bond acceptors (Lipinski definition) is 2. The Kier molecular flexibility index (Phi) is 1.89. The van der Waals surface area contributed by atoms with Crippen molar-refractivity contribution in [3.8, 4) is 5.75 Å². The maximum absolute atomic E-state index is 11.5. The fourth-order valence-corrected chi connectivity index (χ4v) is 1.43. The van der Waals surface area contributed by atoms with E-state index in [1.165, 1.54) is 0 Å². The molecule has 13 heavy (non-hydrogen) atoms. The van der Waals surface area contributed by atoms with Crippen LogP contribution in [0.1, 0.15) is 16.8 Å². The van der Waals surface area contributed by atoms with Gasteiger partial charge < -0.3 is 4.74 Å². The van der Waals surface area contributed by atoms with Crippen LogP contribution in [0.3, 0.4) is 0 Å². The Bertz CT molecular complexity index is 355. The van der Waals surface area contributed by atoms with Gasteiger partial charge in [-0.2, -0.15) is 0 Å². The standard InChI is InChI=1S/C11H10O2/c1-2-8-7-10(12)9-5-3-4-6-11(9)13-8/h2-6,8H,1,7H2. The van der Waals surface area contributed by atoms with Crippen molar-refractivity contribution in [3.05, 3.63) is 42.5 Å². The van der Waals surface area contributed by atoms with E-state index in [-0.39, 0.29) is 11.9 Å². The molecule has 0 fully saturated rings. The van der Waals surface area contributed by atoms with Crippen molar-refractivity contribution < 1.29 is 9.53 Å². The van der Waals surface area contributed by atoms with E-state index in [9.17, 15) is 4.79 Å². The molecule has 0 aromatic heterocycles. The molecule has 1 aromatic carbocycles. The maximum Gasteiger partial charge on any atom is 0.170 e. The summed E-state index contributed by atoms with van der Waals surface area (Å²) in [7, 11) is 0. The van der Waals surface area contributed by atoms with E-state index in [4.69, 9.17) is 4.74 Å². The van der Waals surface area contributed by atoms with E-state index in [2.05, 4.69) is 6.58 Å². The zero-order valence-corrected chi connectivity index (χ0v) is 7.19. The molecule has 66 valence electrons. The Morgan fingerprint density at radius 1 is 1.46 bits per heavy atom. The van der Waals surface area contributed by atoms with Crippen LogP contribution in [-0.4, -0.2) is 11.9 Å². The topological polar surface area (TPSA) is 26.3 Å². The van der Waals surface area contributed by atoms with E-state index in [1.54, 1.807) is 12.1 Å². The third kappa shape index (κ3) is 1.35. The van der Waals surface area contributed by atoms with Gasteiger partial charge in [0, 0.05) is 0 Å². The normalized spacial score (nSPS) is 20.3. The number of carbonyl (C=O) groups excluding carboxylic acids is 1. The number of rotatable bonds is 1. The van der Waals surface area contributed by atoms with Crippen molar-refractivity contribution in [2.75, 3.05) is 0 Å². The molecule has 0 N–H and O–H groups in total. The lowest BCUT2D eigenvalue weighted by atomic mass is 10.0. The number of benzene rings is 1. The minimum atomic E-state index is -0.164. The Hall–Kier alpha value is -1.57. The van der Waals surface area contributed by atoms with Gasteiger partial charge in [-0.25, -0.2) is 0 Å². The highest BCUT2D eigenvalue weighted by Crippen LogP contribution is 2.27. The van der Waals surface area contributed by atoms with Crippen LogP contribution in [0, 0.1) is 0 Å². The lowest BCUT2D eigenvalue weighted by Gasteiger charge is -2.22. The lowest BCUT2D eigenvalue weighted by Crippen LogP contribution is -2.24. The number of fused-ring (bicyclic) bond motifs is 1. The van der Waals surface area contributed by atoms with Gasteiger partial charge in [-0.3, -0.25) is 4.79 Å². The van der Waals surface area contributed by atoms with E-state index >= 15 is 0 Å². The van der Waals surface area contributed by atoms with Crippen LogP contribution < -0.4 is 4.74 Å². The minimum absolute atomic E-state index is 0.131. The highest BCUT2D eigenvalue weighted by Gasteiger charge is 2.23. The van der Waals surface area contributed by atoms with Gasteiger partial charge in [0.1, 0.15) is 11.9 Å². The first-order chi connectivity index (χ1) is 6.31. The zero-order valence-electron chi connectivity index (χ0n) is 7.19. The number of Topliss-reactive ketones (excluding diaryl/α,β-unsaturated/α-hetero) is 1. The SMILES string of the molecule is C=CC1CC(=O)c2ccccc2O1. The molecule has 0 bridgehead atoms. The summed E-state index contributed by atoms with van der Waals surface area (Å²) in [5.74, 6) is 0.801. The number of hydrogen-bond donors (Lipinski definition) is 0. The summed E-state index contributed by atoms with van der Waals surface area (Å²) in [5, 5.41) is 0. The predicted octanol–water partition coefficient (Wildman–Crippen LogP) is 2.21. The Balaban J connectivity index is 2.42. The number of carbonyl (C=O) groups is 1. The van der Waals surface area contributed by atoms with Gasteiger partial charge in [0.05, 0.1) is 12.0 Å². The van der Waals surface area contributed by atoms with E-state index < -0.39 is 0 Å². The fourth-order valence-electron chi connectivity index (χ4n) is 1.43. The van der Waals surface area contributed by atoms with Crippen molar-refractivity contribution in [3.63, 3.8) is 0 Å². The van der Waals surface area contributed by atoms with Crippen LogP contribution in [0.2, 0.25) is 0 Å². The van der Waals surface area contributed by atoms with Crippen LogP contribution in [0.5, 0.6) is 5.75 Å². The summed E-state index contributed by atoms with van der Waals surface area (Å²) in [6, 6.07) is 7.30. The molecule has 0 saturated heterocycles. The van der Waals surface area contributed by atoms with E-state index in [0.717, 1.165) is 0 Å². The summed E-state index contributed by atoms with van der Waals surface area (Å²) >= 11 is 0. The molecule has 0 saturated carbocycles. The molecule has 0 spiro atoms. The van der Waals surface area contributed by atoms with Crippen LogP contribution in [0.25, 0.3) is 0 Å². The molecule has 1 aliphatic heterocycles. The molecule has 0 radical (unpaired) electrons. The van der Waals surface area contributed by atoms with Crippen LogP contribution in [0.15, 0.2) is 36.9 Å². The molecule has 2 rings (SSSR count). The van der Waals surface area contributed by atoms with Crippen molar-refractivity contribution in [2.24, 2.45) is 0 Å². The lowest BCUT2D eigenvalue weighted by molar-refractivity contribution is 0.0894. The second-order valence-electron chi connectivity index (χ2n) is 3.02. The molecule has 1 heterocycles. The molecular weight excluding hydrogens is 164 g/mol. The smallest absolute Gasteiger partial charge is 0.170 e. The van der Waals surface area contributed by atoms with Crippen LogP contribution in [0.4, 0.5) is 0 Å². The summed E-state index contributed by atoms with van der Waals surface area (Å²) in [4.78, 5) is 11.5. The van der Waals surface area contributed by atoms with Gasteiger partial charge in [-0.05, 0) is 12.1 Å². The zero-order chi connectivity index (χ0) is 9.26. The van der Waals surface area contributed by atoms with Crippen molar-refractivity contribution >= 4 is 5.78 Å². The molecule has 1 atom stereocenters. The second-order valence-corrected chi connectivity index (χ2v) is 3.02. The molecule has 0 amide bonds. The minimum Gasteiger partial charge on any atom is -0.485 e. The second kappa shape index (κ2) is 3.05. The summed E-state index contributed by atoms with van der Waals surface area (Å²) in [6.07, 6.45) is 1.90. The number of ketones is 1. The maximum atomic E-state index is 11.5. The Morgan fingerprint density at radius 2 is 2.23 bits per heavy atom. The van der Waals surface area contributed by atoms with Gasteiger partial charge in [0.15, 0.2) is 5.78 Å². The van der Waals surface area contributed by atoms with Crippen LogP contribution in [-0.2, 0) is 0 Å². The van der Waals surface area contributed by atoms with E-state index in [1.807, 2.05) is 18.2 Å². The van der Waals surface area contributed by atoms with Gasteiger partial charge >= 0.3 is 0 Å². The van der Waals surface area contributed by atoms with Crippen LogP contribution >= 0.6 is 0 Å². The predicted molar refractivity (Wildman–Crippen MR) is 50.0 cm³/mol. The molecule has 1 aromatic rings. The summed E-state index contributed by atoms with van der Waals surface area (Å²) in [5.41, 5.74) is 0.681. The molecule has 2 nitrogen and oxygen atoms in total. The summed E-state index contributed by atoms with van der Waals surface area (Å²) < 4.78 is 5.51. The quantitative estimate of drug-likeness (QED) is 0.610. The molecule has 2 heteroatoms. The summed E-state index contributed by atoms with van der Waals surface area (Å²) in [6.45, 7) is 3.61. The van der Waals surface area contributed by atoms with Gasteiger partial charge in [-0.15, -0.1) is 0 Å². The largest absolute Gasteiger partial charge is 0.485 e. The first-order valence-corrected chi connectivity index (χ1v) is 4.22. The Morgan fingerprint density at radius 3 is 3.00 bits per heavy atom. The number of para-hydroxylation sites is 1. The fraction of sp³-hybridized carbons (Fsp3) is 0.182. The molecule has 1 aliphatic rings. The van der Waals surface area contributed by atoms with Crippen molar-refractivity contribution in [1.29, 1.82) is 0 Å². The van der Waals surface area contributed by atoms with E-state index in [0.29, 0.717) is 17.7 Å². The van der Waals surface area contributed by atoms with Gasteiger partial charge in [-0.1, -0.05) is 24.8 Å². The van der Waals surface area contributed by atoms with Gasteiger partial charge in [0.2, 0.25) is 0 Å².